The molecule has 36 heavy (non-hydrogen) atoms. The number of hydrogen-bond acceptors (Lipinski definition) is 8. The molecule has 0 saturated carbocycles. The summed E-state index contributed by atoms with van der Waals surface area (Å²) in [7, 11) is 1.62. The van der Waals surface area contributed by atoms with Gasteiger partial charge in [-0.2, -0.15) is 4.52 Å². The van der Waals surface area contributed by atoms with Gasteiger partial charge >= 0.3 is 0 Å². The number of nitrogens with zero attached hydrogens (tertiary/aromatic N) is 5. The number of carbonyl (C=O) groups excluding carboxylic acids is 1. The SMILES string of the molecule is COc1ccc(-c2nc3c4cccc(Br)c4nc([C@](C)(N)C(=O)NCCN4CCOCC4)n3n2)cc1. The van der Waals surface area contributed by atoms with Crippen molar-refractivity contribution in [1.29, 1.82) is 0 Å². The number of aromatic nitrogens is 4. The van der Waals surface area contributed by atoms with Crippen LogP contribution in [0, 0.1) is 0 Å². The smallest absolute Gasteiger partial charge is 0.247 e. The zero-order chi connectivity index (χ0) is 25.3. The van der Waals surface area contributed by atoms with Gasteiger partial charge in [0.25, 0.3) is 0 Å². The summed E-state index contributed by atoms with van der Waals surface area (Å²) in [4.78, 5) is 25.2. The number of amides is 1. The van der Waals surface area contributed by atoms with Gasteiger partial charge in [-0.15, -0.1) is 5.10 Å². The van der Waals surface area contributed by atoms with Gasteiger partial charge in [0.15, 0.2) is 22.8 Å². The maximum absolute atomic E-state index is 13.3. The van der Waals surface area contributed by atoms with E-state index in [9.17, 15) is 4.79 Å². The van der Waals surface area contributed by atoms with E-state index in [2.05, 4.69) is 26.1 Å². The Kier molecular flexibility index (Phi) is 6.89. The predicted molar refractivity (Wildman–Crippen MR) is 140 cm³/mol. The van der Waals surface area contributed by atoms with Crippen LogP contribution in [0.2, 0.25) is 0 Å². The molecule has 1 fully saturated rings. The van der Waals surface area contributed by atoms with Gasteiger partial charge in [0.2, 0.25) is 5.91 Å². The number of para-hydroxylation sites is 1. The Morgan fingerprint density at radius 2 is 1.94 bits per heavy atom. The molecule has 10 nitrogen and oxygen atoms in total. The lowest BCUT2D eigenvalue weighted by molar-refractivity contribution is -0.126. The van der Waals surface area contributed by atoms with Crippen LogP contribution >= 0.6 is 15.9 Å². The van der Waals surface area contributed by atoms with Gasteiger partial charge in [-0.05, 0) is 59.3 Å². The van der Waals surface area contributed by atoms with Crippen molar-refractivity contribution in [3.8, 4) is 17.1 Å². The van der Waals surface area contributed by atoms with Crippen molar-refractivity contribution in [3.63, 3.8) is 0 Å². The molecular weight excluding hydrogens is 526 g/mol. The Labute approximate surface area is 216 Å². The number of fused-ring (bicyclic) bond motifs is 3. The van der Waals surface area contributed by atoms with E-state index in [-0.39, 0.29) is 5.91 Å². The molecule has 0 bridgehead atoms. The predicted octanol–water partition coefficient (Wildman–Crippen LogP) is 2.34. The molecular formula is C25H28BrN7O3. The molecule has 0 radical (unpaired) electrons. The summed E-state index contributed by atoms with van der Waals surface area (Å²) < 4.78 is 13.0. The number of hydrogen-bond donors (Lipinski definition) is 2. The van der Waals surface area contributed by atoms with Gasteiger partial charge in [0.1, 0.15) is 5.75 Å². The standard InChI is InChI=1S/C25H28BrN7O3/c1-25(27,24(34)28-10-11-32-12-14-36-15-13-32)23-29-20-18(4-3-5-19(20)26)22-30-21(31-33(22)23)16-6-8-17(35-2)9-7-16/h3-9H,10-15,27H2,1-2H3,(H,28,34)/t25-/m0/s1. The van der Waals surface area contributed by atoms with Crippen LogP contribution in [-0.2, 0) is 15.1 Å². The third-order valence-electron chi connectivity index (χ3n) is 6.35. The minimum Gasteiger partial charge on any atom is -0.497 e. The molecule has 4 aromatic rings. The number of benzene rings is 2. The summed E-state index contributed by atoms with van der Waals surface area (Å²) in [6, 6.07) is 13.2. The van der Waals surface area contributed by atoms with Crippen LogP contribution < -0.4 is 15.8 Å². The minimum atomic E-state index is -1.46. The third kappa shape index (κ3) is 4.66. The molecule has 0 aliphatic carbocycles. The maximum Gasteiger partial charge on any atom is 0.247 e. The molecule has 188 valence electrons. The van der Waals surface area contributed by atoms with E-state index < -0.39 is 5.54 Å². The zero-order valence-electron chi connectivity index (χ0n) is 20.2. The summed E-state index contributed by atoms with van der Waals surface area (Å²) in [5.41, 5.74) is 7.24. The van der Waals surface area contributed by atoms with E-state index in [1.807, 2.05) is 42.5 Å². The van der Waals surface area contributed by atoms with Crippen molar-refractivity contribution in [3.05, 3.63) is 52.8 Å². The van der Waals surface area contributed by atoms with E-state index in [1.165, 1.54) is 0 Å². The van der Waals surface area contributed by atoms with Crippen LogP contribution in [0.15, 0.2) is 46.9 Å². The Balaban J connectivity index is 1.53. The Hall–Kier alpha value is -3.12. The van der Waals surface area contributed by atoms with Crippen LogP contribution in [0.3, 0.4) is 0 Å². The Bertz CT molecular complexity index is 1400. The lowest BCUT2D eigenvalue weighted by Gasteiger charge is -2.28. The van der Waals surface area contributed by atoms with Crippen LogP contribution in [0.5, 0.6) is 5.75 Å². The molecule has 1 atom stereocenters. The first-order chi connectivity index (χ1) is 17.4. The van der Waals surface area contributed by atoms with Crippen LogP contribution in [0.4, 0.5) is 0 Å². The van der Waals surface area contributed by atoms with E-state index in [0.717, 1.165) is 40.8 Å². The van der Waals surface area contributed by atoms with Crippen molar-refractivity contribution < 1.29 is 14.3 Å². The monoisotopic (exact) mass is 553 g/mol. The van der Waals surface area contributed by atoms with Gasteiger partial charge < -0.3 is 20.5 Å². The average molecular weight is 554 g/mol. The highest BCUT2D eigenvalue weighted by molar-refractivity contribution is 9.10. The largest absolute Gasteiger partial charge is 0.497 e. The summed E-state index contributed by atoms with van der Waals surface area (Å²) in [6.07, 6.45) is 0. The molecule has 2 aromatic carbocycles. The van der Waals surface area contributed by atoms with Gasteiger partial charge in [0, 0.05) is 41.6 Å². The van der Waals surface area contributed by atoms with Crippen molar-refractivity contribution in [2.24, 2.45) is 5.73 Å². The quantitative estimate of drug-likeness (QED) is 0.358. The molecule has 5 rings (SSSR count). The van der Waals surface area contributed by atoms with Gasteiger partial charge in [-0.1, -0.05) is 6.07 Å². The highest BCUT2D eigenvalue weighted by atomic mass is 79.9. The second-order valence-corrected chi connectivity index (χ2v) is 9.74. The molecule has 3 N–H and O–H groups in total. The number of ether oxygens (including phenoxy) is 2. The van der Waals surface area contributed by atoms with Crippen LogP contribution in [0.1, 0.15) is 12.7 Å². The summed E-state index contributed by atoms with van der Waals surface area (Å²) in [6.45, 7) is 5.96. The molecule has 3 heterocycles. The van der Waals surface area contributed by atoms with Crippen molar-refractivity contribution in [1.82, 2.24) is 29.8 Å². The number of morpholine rings is 1. The fourth-order valence-corrected chi connectivity index (χ4v) is 4.69. The number of rotatable bonds is 7. The lowest BCUT2D eigenvalue weighted by Crippen LogP contribution is -2.52. The number of halogens is 1. The van der Waals surface area contributed by atoms with Crippen molar-refractivity contribution in [2.45, 2.75) is 12.5 Å². The molecule has 0 spiro atoms. The van der Waals surface area contributed by atoms with E-state index in [0.29, 0.717) is 42.6 Å². The highest BCUT2D eigenvalue weighted by Crippen LogP contribution is 2.30. The van der Waals surface area contributed by atoms with Gasteiger partial charge in [-0.25, -0.2) is 9.97 Å². The van der Waals surface area contributed by atoms with Crippen molar-refractivity contribution in [2.75, 3.05) is 46.5 Å². The van der Waals surface area contributed by atoms with E-state index in [1.54, 1.807) is 18.5 Å². The van der Waals surface area contributed by atoms with Crippen LogP contribution in [0.25, 0.3) is 27.9 Å². The van der Waals surface area contributed by atoms with E-state index >= 15 is 0 Å². The minimum absolute atomic E-state index is 0.299. The molecule has 1 amide bonds. The number of methoxy groups -OCH3 is 1. The molecule has 1 aliphatic rings. The Morgan fingerprint density at radius 1 is 1.19 bits per heavy atom. The third-order valence-corrected chi connectivity index (χ3v) is 6.99. The van der Waals surface area contributed by atoms with E-state index in [4.69, 9.17) is 30.3 Å². The molecule has 2 aromatic heterocycles. The number of nitrogens with one attached hydrogen (secondary N) is 1. The zero-order valence-corrected chi connectivity index (χ0v) is 21.8. The summed E-state index contributed by atoms with van der Waals surface area (Å²) >= 11 is 3.58. The molecule has 1 aliphatic heterocycles. The lowest BCUT2D eigenvalue weighted by atomic mass is 10.0. The normalized spacial score (nSPS) is 16.2. The molecule has 1 saturated heterocycles. The number of carbonyl (C=O) groups is 1. The summed E-state index contributed by atoms with van der Waals surface area (Å²) in [5, 5.41) is 8.49. The fourth-order valence-electron chi connectivity index (χ4n) is 4.23. The first-order valence-electron chi connectivity index (χ1n) is 11.8. The fraction of sp³-hybridized carbons (Fsp3) is 0.360. The molecule has 0 unspecified atom stereocenters. The summed E-state index contributed by atoms with van der Waals surface area (Å²) in [5.74, 6) is 1.20. The topological polar surface area (TPSA) is 120 Å². The van der Waals surface area contributed by atoms with Crippen LogP contribution in [-0.4, -0.2) is 76.9 Å². The van der Waals surface area contributed by atoms with Gasteiger partial charge in [0.05, 0.1) is 25.8 Å². The maximum atomic E-state index is 13.3. The molecule has 11 heteroatoms. The van der Waals surface area contributed by atoms with Gasteiger partial charge in [-0.3, -0.25) is 9.69 Å². The first-order valence-corrected chi connectivity index (χ1v) is 12.5. The average Bonchev–Trinajstić information content (AvgIpc) is 3.35. The second-order valence-electron chi connectivity index (χ2n) is 8.88. The first kappa shape index (κ1) is 24.6. The Morgan fingerprint density at radius 3 is 2.67 bits per heavy atom. The van der Waals surface area contributed by atoms with Crippen molar-refractivity contribution >= 4 is 38.4 Å². The highest BCUT2D eigenvalue weighted by Gasteiger charge is 2.36. The number of nitrogens with two attached hydrogens (primary N) is 1. The second kappa shape index (κ2) is 10.1.